The average molecular weight is 648 g/mol. The molecule has 0 bridgehead atoms. The SMILES string of the molecule is CC[C@@H](C)NC(=O)[C@@H](Cc1ccccc1)N(Cc1ccc(Cl)cc1Cl)C(=O)COc1ccc(C(C)(C)C)cc1Br. The Bertz CT molecular complexity index is 1310. The van der Waals surface area contributed by atoms with Crippen LogP contribution in [-0.2, 0) is 28.0 Å². The van der Waals surface area contributed by atoms with Crippen molar-refractivity contribution >= 4 is 50.9 Å². The van der Waals surface area contributed by atoms with Gasteiger partial charge in [-0.1, -0.05) is 93.4 Å². The number of nitrogens with zero attached hydrogens (tertiary/aromatic N) is 1. The molecular weight excluding hydrogens is 611 g/mol. The van der Waals surface area contributed by atoms with Gasteiger partial charge in [0.15, 0.2) is 6.61 Å². The maximum Gasteiger partial charge on any atom is 0.261 e. The Hall–Kier alpha value is -2.54. The number of amides is 2. The zero-order valence-electron chi connectivity index (χ0n) is 23.6. The molecule has 0 spiro atoms. The van der Waals surface area contributed by atoms with Crippen LogP contribution in [-0.4, -0.2) is 35.4 Å². The summed E-state index contributed by atoms with van der Waals surface area (Å²) >= 11 is 16.2. The quantitative estimate of drug-likeness (QED) is 0.230. The van der Waals surface area contributed by atoms with Crippen molar-refractivity contribution < 1.29 is 14.3 Å². The van der Waals surface area contributed by atoms with Crippen LogP contribution in [0.3, 0.4) is 0 Å². The second kappa shape index (κ2) is 14.4. The number of nitrogens with one attached hydrogen (secondary N) is 1. The fourth-order valence-electron chi connectivity index (χ4n) is 4.14. The summed E-state index contributed by atoms with van der Waals surface area (Å²) in [4.78, 5) is 29.1. The second-order valence-electron chi connectivity index (χ2n) is 11.0. The summed E-state index contributed by atoms with van der Waals surface area (Å²) in [6, 6.07) is 19.8. The molecule has 214 valence electrons. The standard InChI is InChI=1S/C32H37BrCl2N2O3/c1-6-21(2)36-31(39)28(16-22-10-8-7-9-11-22)37(19-23-12-14-25(34)18-27(23)35)30(38)20-40-29-15-13-24(17-26(29)33)32(3,4)5/h7-15,17-18,21,28H,6,16,19-20H2,1-5H3,(H,36,39)/t21-,28-/m1/s1. The number of carbonyl (C=O) groups is 2. The van der Waals surface area contributed by atoms with E-state index in [0.29, 0.717) is 27.8 Å². The van der Waals surface area contributed by atoms with Gasteiger partial charge in [-0.2, -0.15) is 0 Å². The first-order valence-corrected chi connectivity index (χ1v) is 14.9. The largest absolute Gasteiger partial charge is 0.483 e. The van der Waals surface area contributed by atoms with E-state index in [0.717, 1.165) is 22.0 Å². The number of ether oxygens (including phenoxy) is 1. The van der Waals surface area contributed by atoms with E-state index in [1.165, 1.54) is 0 Å². The van der Waals surface area contributed by atoms with Crippen LogP contribution in [0.4, 0.5) is 0 Å². The van der Waals surface area contributed by atoms with Gasteiger partial charge in [0.1, 0.15) is 11.8 Å². The van der Waals surface area contributed by atoms with Gasteiger partial charge in [-0.25, -0.2) is 0 Å². The van der Waals surface area contributed by atoms with Crippen molar-refractivity contribution in [2.24, 2.45) is 0 Å². The van der Waals surface area contributed by atoms with Gasteiger partial charge >= 0.3 is 0 Å². The Morgan fingerprint density at radius 3 is 2.33 bits per heavy atom. The van der Waals surface area contributed by atoms with Crippen LogP contribution in [0.15, 0.2) is 71.2 Å². The minimum Gasteiger partial charge on any atom is -0.483 e. The first-order chi connectivity index (χ1) is 18.9. The Labute approximate surface area is 256 Å². The maximum absolute atomic E-state index is 13.9. The van der Waals surface area contributed by atoms with Gasteiger partial charge in [0.2, 0.25) is 5.91 Å². The zero-order chi connectivity index (χ0) is 29.4. The lowest BCUT2D eigenvalue weighted by Gasteiger charge is -2.32. The van der Waals surface area contributed by atoms with E-state index in [-0.39, 0.29) is 36.4 Å². The molecular formula is C32H37BrCl2N2O3. The highest BCUT2D eigenvalue weighted by Crippen LogP contribution is 2.32. The molecule has 0 aliphatic carbocycles. The summed E-state index contributed by atoms with van der Waals surface area (Å²) in [5, 5.41) is 3.98. The molecule has 0 saturated carbocycles. The molecule has 3 rings (SSSR count). The van der Waals surface area contributed by atoms with Crippen molar-refractivity contribution in [2.75, 3.05) is 6.61 Å². The fourth-order valence-corrected chi connectivity index (χ4v) is 5.10. The van der Waals surface area contributed by atoms with Crippen LogP contribution >= 0.6 is 39.1 Å². The molecule has 0 saturated heterocycles. The smallest absolute Gasteiger partial charge is 0.261 e. The van der Waals surface area contributed by atoms with Crippen LogP contribution in [0, 0.1) is 0 Å². The number of hydrogen-bond donors (Lipinski definition) is 1. The number of benzene rings is 3. The molecule has 0 radical (unpaired) electrons. The molecule has 0 fully saturated rings. The Morgan fingerprint density at radius 2 is 1.73 bits per heavy atom. The van der Waals surface area contributed by atoms with Gasteiger partial charge in [-0.3, -0.25) is 9.59 Å². The highest BCUT2D eigenvalue weighted by Gasteiger charge is 2.32. The van der Waals surface area contributed by atoms with E-state index >= 15 is 0 Å². The summed E-state index contributed by atoms with van der Waals surface area (Å²) in [5.41, 5.74) is 2.73. The topological polar surface area (TPSA) is 58.6 Å². The first-order valence-electron chi connectivity index (χ1n) is 13.4. The summed E-state index contributed by atoms with van der Waals surface area (Å²) < 4.78 is 6.75. The number of carbonyl (C=O) groups excluding carboxylic acids is 2. The molecule has 0 aliphatic heterocycles. The number of hydrogen-bond acceptors (Lipinski definition) is 3. The molecule has 3 aromatic carbocycles. The van der Waals surface area contributed by atoms with Crippen LogP contribution in [0.1, 0.15) is 57.7 Å². The highest BCUT2D eigenvalue weighted by atomic mass is 79.9. The van der Waals surface area contributed by atoms with Gasteiger partial charge in [0, 0.05) is 29.1 Å². The monoisotopic (exact) mass is 646 g/mol. The normalized spacial score (nSPS) is 12.9. The van der Waals surface area contributed by atoms with Crippen LogP contribution in [0.25, 0.3) is 0 Å². The molecule has 0 aromatic heterocycles. The number of rotatable bonds is 11. The van der Waals surface area contributed by atoms with E-state index in [4.69, 9.17) is 27.9 Å². The first kappa shape index (κ1) is 32.0. The van der Waals surface area contributed by atoms with E-state index in [2.05, 4.69) is 42.0 Å². The maximum atomic E-state index is 13.9. The van der Waals surface area contributed by atoms with Gasteiger partial charge in [0.25, 0.3) is 5.91 Å². The molecule has 3 aromatic rings. The van der Waals surface area contributed by atoms with Gasteiger partial charge in [-0.15, -0.1) is 0 Å². The lowest BCUT2D eigenvalue weighted by molar-refractivity contribution is -0.143. The average Bonchev–Trinajstić information content (AvgIpc) is 2.90. The van der Waals surface area contributed by atoms with Crippen LogP contribution < -0.4 is 10.1 Å². The van der Waals surface area contributed by atoms with Crippen molar-refractivity contribution in [1.29, 1.82) is 0 Å². The summed E-state index contributed by atoms with van der Waals surface area (Å²) in [6.45, 7) is 10.2. The molecule has 0 heterocycles. The Morgan fingerprint density at radius 1 is 1.02 bits per heavy atom. The zero-order valence-corrected chi connectivity index (χ0v) is 26.7. The molecule has 8 heteroatoms. The molecule has 1 N–H and O–H groups in total. The second-order valence-corrected chi connectivity index (χ2v) is 12.7. The van der Waals surface area contributed by atoms with E-state index in [1.807, 2.05) is 62.4 Å². The summed E-state index contributed by atoms with van der Waals surface area (Å²) in [6.07, 6.45) is 1.10. The van der Waals surface area contributed by atoms with Gasteiger partial charge < -0.3 is 15.0 Å². The minimum atomic E-state index is -0.786. The van der Waals surface area contributed by atoms with Crippen molar-refractivity contribution in [3.05, 3.63) is 97.9 Å². The van der Waals surface area contributed by atoms with Crippen molar-refractivity contribution in [3.8, 4) is 5.75 Å². The van der Waals surface area contributed by atoms with Crippen LogP contribution in [0.5, 0.6) is 5.75 Å². The van der Waals surface area contributed by atoms with E-state index in [9.17, 15) is 9.59 Å². The van der Waals surface area contributed by atoms with Crippen molar-refractivity contribution in [3.63, 3.8) is 0 Å². The Kier molecular flexibility index (Phi) is 11.5. The predicted octanol–water partition coefficient (Wildman–Crippen LogP) is 7.99. The molecule has 2 amide bonds. The molecule has 5 nitrogen and oxygen atoms in total. The third-order valence-electron chi connectivity index (χ3n) is 6.78. The van der Waals surface area contributed by atoms with Crippen LogP contribution in [0.2, 0.25) is 10.0 Å². The Balaban J connectivity index is 1.95. The minimum absolute atomic E-state index is 0.0286. The molecule has 0 unspecified atom stereocenters. The van der Waals surface area contributed by atoms with Crippen molar-refractivity contribution in [2.45, 2.75) is 71.5 Å². The van der Waals surface area contributed by atoms with E-state index in [1.54, 1.807) is 23.1 Å². The third-order valence-corrected chi connectivity index (χ3v) is 7.98. The third kappa shape index (κ3) is 8.98. The number of halogens is 3. The molecule has 2 atom stereocenters. The van der Waals surface area contributed by atoms with Gasteiger partial charge in [-0.05, 0) is 75.6 Å². The molecule has 40 heavy (non-hydrogen) atoms. The summed E-state index contributed by atoms with van der Waals surface area (Å²) in [5.74, 6) is -0.0140. The predicted molar refractivity (Wildman–Crippen MR) is 167 cm³/mol. The molecule has 0 aliphatic rings. The van der Waals surface area contributed by atoms with E-state index < -0.39 is 6.04 Å². The lowest BCUT2D eigenvalue weighted by atomic mass is 9.87. The fraction of sp³-hybridized carbons (Fsp3) is 0.375. The lowest BCUT2D eigenvalue weighted by Crippen LogP contribution is -2.53. The summed E-state index contributed by atoms with van der Waals surface area (Å²) in [7, 11) is 0. The van der Waals surface area contributed by atoms with Gasteiger partial charge in [0.05, 0.1) is 4.47 Å². The highest BCUT2D eigenvalue weighted by molar-refractivity contribution is 9.10. The van der Waals surface area contributed by atoms with Crippen molar-refractivity contribution in [1.82, 2.24) is 10.2 Å².